The summed E-state index contributed by atoms with van der Waals surface area (Å²) in [5, 5.41) is 10.7. The molecule has 0 saturated heterocycles. The third-order valence-electron chi connectivity index (χ3n) is 3.36. The van der Waals surface area contributed by atoms with Crippen molar-refractivity contribution >= 4 is 5.91 Å². The highest BCUT2D eigenvalue weighted by atomic mass is 16.1. The number of carbonyl (C=O) groups excluding carboxylic acids is 1. The summed E-state index contributed by atoms with van der Waals surface area (Å²) in [4.78, 5) is 11.9. The Labute approximate surface area is 101 Å². The maximum atomic E-state index is 11.9. The lowest BCUT2D eigenvalue weighted by atomic mass is 10.0. The minimum Gasteiger partial charge on any atom is -0.349 e. The Balaban J connectivity index is 1.88. The van der Waals surface area contributed by atoms with Gasteiger partial charge in [-0.15, -0.1) is 10.2 Å². The zero-order valence-corrected chi connectivity index (χ0v) is 10.1. The maximum Gasteiger partial charge on any atom is 0.225 e. The van der Waals surface area contributed by atoms with Gasteiger partial charge >= 0.3 is 0 Å². The number of aryl methyl sites for hydroxylation is 1. The predicted molar refractivity (Wildman–Crippen MR) is 62.9 cm³/mol. The monoisotopic (exact) mass is 237 g/mol. The average molecular weight is 237 g/mol. The first-order valence-electron chi connectivity index (χ1n) is 6.12. The largest absolute Gasteiger partial charge is 0.349 e. The maximum absolute atomic E-state index is 11.9. The molecular formula is C11H19N5O. The molecule has 0 spiro atoms. The van der Waals surface area contributed by atoms with Crippen LogP contribution in [0.3, 0.4) is 0 Å². The summed E-state index contributed by atoms with van der Waals surface area (Å²) in [6.45, 7) is 3.25. The number of aromatic nitrogens is 3. The molecule has 1 saturated carbocycles. The van der Waals surface area contributed by atoms with Crippen LogP contribution in [0.4, 0.5) is 0 Å². The Morgan fingerprint density at radius 3 is 3.12 bits per heavy atom. The minimum atomic E-state index is -0.0343. The predicted octanol–water partition coefficient (Wildman–Crippen LogP) is 0.0416. The van der Waals surface area contributed by atoms with E-state index in [1.54, 1.807) is 6.33 Å². The van der Waals surface area contributed by atoms with Crippen LogP contribution < -0.4 is 11.1 Å². The average Bonchev–Trinajstić information content (AvgIpc) is 2.94. The van der Waals surface area contributed by atoms with Gasteiger partial charge in [0.15, 0.2) is 5.82 Å². The van der Waals surface area contributed by atoms with Crippen molar-refractivity contribution in [3.8, 4) is 0 Å². The van der Waals surface area contributed by atoms with E-state index in [0.717, 1.165) is 31.6 Å². The van der Waals surface area contributed by atoms with Crippen LogP contribution in [-0.2, 0) is 17.9 Å². The van der Waals surface area contributed by atoms with Crippen molar-refractivity contribution in [1.29, 1.82) is 0 Å². The van der Waals surface area contributed by atoms with Crippen LogP contribution >= 0.6 is 0 Å². The third kappa shape index (κ3) is 2.63. The molecule has 94 valence electrons. The normalized spacial score (nSPS) is 23.9. The van der Waals surface area contributed by atoms with E-state index in [9.17, 15) is 4.79 Å². The molecule has 2 rings (SSSR count). The van der Waals surface area contributed by atoms with Gasteiger partial charge in [0.25, 0.3) is 0 Å². The van der Waals surface area contributed by atoms with Crippen molar-refractivity contribution < 1.29 is 4.79 Å². The second-order valence-electron chi connectivity index (χ2n) is 4.45. The summed E-state index contributed by atoms with van der Waals surface area (Å²) in [6.07, 6.45) is 4.56. The molecule has 2 atom stereocenters. The van der Waals surface area contributed by atoms with Gasteiger partial charge in [0.05, 0.1) is 12.5 Å². The van der Waals surface area contributed by atoms with Crippen molar-refractivity contribution in [2.75, 3.05) is 0 Å². The zero-order chi connectivity index (χ0) is 12.3. The molecule has 6 nitrogen and oxygen atoms in total. The van der Waals surface area contributed by atoms with E-state index in [4.69, 9.17) is 5.73 Å². The van der Waals surface area contributed by atoms with Crippen LogP contribution in [0.2, 0.25) is 0 Å². The van der Waals surface area contributed by atoms with E-state index in [2.05, 4.69) is 15.5 Å². The summed E-state index contributed by atoms with van der Waals surface area (Å²) < 4.78 is 1.91. The second-order valence-corrected chi connectivity index (χ2v) is 4.45. The molecule has 17 heavy (non-hydrogen) atoms. The van der Waals surface area contributed by atoms with Gasteiger partial charge in [0.2, 0.25) is 5.91 Å². The van der Waals surface area contributed by atoms with Gasteiger partial charge in [-0.1, -0.05) is 6.42 Å². The first-order valence-corrected chi connectivity index (χ1v) is 6.12. The molecule has 0 aliphatic heterocycles. The van der Waals surface area contributed by atoms with Gasteiger partial charge in [0.1, 0.15) is 6.33 Å². The van der Waals surface area contributed by atoms with Crippen LogP contribution in [0, 0.1) is 5.92 Å². The van der Waals surface area contributed by atoms with Crippen molar-refractivity contribution in [1.82, 2.24) is 20.1 Å². The molecule has 1 amide bonds. The van der Waals surface area contributed by atoms with Gasteiger partial charge < -0.3 is 15.6 Å². The molecule has 1 aromatic heterocycles. The lowest BCUT2D eigenvalue weighted by Crippen LogP contribution is -2.38. The van der Waals surface area contributed by atoms with Crippen molar-refractivity contribution in [3.63, 3.8) is 0 Å². The van der Waals surface area contributed by atoms with E-state index in [0.29, 0.717) is 6.54 Å². The van der Waals surface area contributed by atoms with Gasteiger partial charge in [0, 0.05) is 12.6 Å². The lowest BCUT2D eigenvalue weighted by molar-refractivity contribution is -0.125. The topological polar surface area (TPSA) is 85.8 Å². The fourth-order valence-corrected chi connectivity index (χ4v) is 2.29. The number of hydrogen-bond donors (Lipinski definition) is 2. The third-order valence-corrected chi connectivity index (χ3v) is 3.36. The molecule has 1 fully saturated rings. The number of nitrogens with two attached hydrogens (primary N) is 1. The van der Waals surface area contributed by atoms with E-state index in [-0.39, 0.29) is 17.9 Å². The van der Waals surface area contributed by atoms with E-state index < -0.39 is 0 Å². The summed E-state index contributed by atoms with van der Waals surface area (Å²) in [7, 11) is 0. The molecule has 6 heteroatoms. The second kappa shape index (κ2) is 5.27. The van der Waals surface area contributed by atoms with Crippen LogP contribution in [0.15, 0.2) is 6.33 Å². The number of nitrogens with one attached hydrogen (secondary N) is 1. The molecule has 0 aromatic carbocycles. The lowest BCUT2D eigenvalue weighted by Gasteiger charge is -2.14. The number of hydrogen-bond acceptors (Lipinski definition) is 4. The number of rotatable bonds is 4. The van der Waals surface area contributed by atoms with Gasteiger partial charge in [-0.2, -0.15) is 0 Å². The Morgan fingerprint density at radius 2 is 2.47 bits per heavy atom. The van der Waals surface area contributed by atoms with Gasteiger partial charge in [-0.3, -0.25) is 4.79 Å². The standard InChI is InChI=1S/C11H19N5O/c1-2-16-7-14-15-10(16)6-13-11(17)8-4-3-5-9(8)12/h7-9H,2-6,12H2,1H3,(H,13,17). The van der Waals surface area contributed by atoms with E-state index in [1.165, 1.54) is 0 Å². The van der Waals surface area contributed by atoms with Crippen LogP contribution in [-0.4, -0.2) is 26.7 Å². The van der Waals surface area contributed by atoms with E-state index in [1.807, 2.05) is 11.5 Å². The first kappa shape index (κ1) is 12.0. The van der Waals surface area contributed by atoms with Crippen LogP contribution in [0.5, 0.6) is 0 Å². The smallest absolute Gasteiger partial charge is 0.225 e. The Bertz CT molecular complexity index is 389. The Kier molecular flexibility index (Phi) is 3.73. The van der Waals surface area contributed by atoms with Gasteiger partial charge in [-0.05, 0) is 19.8 Å². The molecule has 1 aromatic rings. The first-order chi connectivity index (χ1) is 8.22. The van der Waals surface area contributed by atoms with Crippen LogP contribution in [0.1, 0.15) is 32.0 Å². The molecule has 0 radical (unpaired) electrons. The quantitative estimate of drug-likeness (QED) is 0.774. The van der Waals surface area contributed by atoms with Crippen molar-refractivity contribution in [2.24, 2.45) is 11.7 Å². The van der Waals surface area contributed by atoms with Crippen molar-refractivity contribution in [2.45, 2.75) is 45.3 Å². The van der Waals surface area contributed by atoms with Crippen molar-refractivity contribution in [3.05, 3.63) is 12.2 Å². The molecular weight excluding hydrogens is 218 g/mol. The fourth-order valence-electron chi connectivity index (χ4n) is 2.29. The summed E-state index contributed by atoms with van der Waals surface area (Å²) in [6, 6.07) is 0.0130. The number of amides is 1. The molecule has 0 bridgehead atoms. The zero-order valence-electron chi connectivity index (χ0n) is 10.1. The highest BCUT2D eigenvalue weighted by molar-refractivity contribution is 5.79. The number of nitrogens with zero attached hydrogens (tertiary/aromatic N) is 3. The number of carbonyl (C=O) groups is 1. The molecule has 2 unspecified atom stereocenters. The SMILES string of the molecule is CCn1cnnc1CNC(=O)C1CCCC1N. The Hall–Kier alpha value is -1.43. The highest BCUT2D eigenvalue weighted by Crippen LogP contribution is 2.23. The Morgan fingerprint density at radius 1 is 1.65 bits per heavy atom. The molecule has 1 heterocycles. The highest BCUT2D eigenvalue weighted by Gasteiger charge is 2.30. The summed E-state index contributed by atoms with van der Waals surface area (Å²) in [5.74, 6) is 0.793. The molecule has 3 N–H and O–H groups in total. The fraction of sp³-hybridized carbons (Fsp3) is 0.727. The van der Waals surface area contributed by atoms with E-state index >= 15 is 0 Å². The molecule has 1 aliphatic carbocycles. The summed E-state index contributed by atoms with van der Waals surface area (Å²) in [5.41, 5.74) is 5.89. The summed E-state index contributed by atoms with van der Waals surface area (Å²) >= 11 is 0. The minimum absolute atomic E-state index is 0.0130. The van der Waals surface area contributed by atoms with Gasteiger partial charge in [-0.25, -0.2) is 0 Å². The van der Waals surface area contributed by atoms with Crippen LogP contribution in [0.25, 0.3) is 0 Å². The molecule has 1 aliphatic rings.